The molecule has 158 valence electrons. The van der Waals surface area contributed by atoms with Gasteiger partial charge in [-0.3, -0.25) is 9.89 Å². The van der Waals surface area contributed by atoms with E-state index in [1.165, 1.54) is 12.3 Å². The molecule has 10 heteroatoms. The Morgan fingerprint density at radius 1 is 1.23 bits per heavy atom. The summed E-state index contributed by atoms with van der Waals surface area (Å²) in [7, 11) is 0. The molecular formula is C20H18ClF3N4O2. The van der Waals surface area contributed by atoms with Gasteiger partial charge in [0.15, 0.2) is 5.75 Å². The summed E-state index contributed by atoms with van der Waals surface area (Å²) in [5.74, 6) is 0.643. The molecule has 0 spiro atoms. The van der Waals surface area contributed by atoms with Crippen molar-refractivity contribution in [1.82, 2.24) is 10.2 Å². The van der Waals surface area contributed by atoms with Crippen molar-refractivity contribution in [2.45, 2.75) is 25.6 Å². The molecule has 3 rings (SSSR count). The van der Waals surface area contributed by atoms with Crippen molar-refractivity contribution in [1.29, 1.82) is 0 Å². The molecule has 0 aliphatic carbocycles. The number of aryl methyl sites for hydroxylation is 1. The lowest BCUT2D eigenvalue weighted by atomic mass is 10.1. The number of carbonyl (C=O) groups is 1. The van der Waals surface area contributed by atoms with E-state index in [9.17, 15) is 18.0 Å². The number of nitrogens with two attached hydrogens (primary N) is 1. The van der Waals surface area contributed by atoms with Crippen molar-refractivity contribution in [2.24, 2.45) is 5.73 Å². The molecule has 1 heterocycles. The number of rotatable bonds is 7. The third-order valence-corrected chi connectivity index (χ3v) is 4.53. The van der Waals surface area contributed by atoms with Crippen molar-refractivity contribution < 1.29 is 22.7 Å². The Balaban J connectivity index is 1.60. The first-order valence-electron chi connectivity index (χ1n) is 8.92. The van der Waals surface area contributed by atoms with Gasteiger partial charge in [0.2, 0.25) is 5.91 Å². The fraction of sp³-hybridized carbons (Fsp3) is 0.200. The second kappa shape index (κ2) is 9.19. The van der Waals surface area contributed by atoms with Crippen molar-refractivity contribution in [2.75, 3.05) is 5.32 Å². The highest BCUT2D eigenvalue weighted by molar-refractivity contribution is 6.31. The molecule has 6 nitrogen and oxygen atoms in total. The smallest absolute Gasteiger partial charge is 0.417 e. The van der Waals surface area contributed by atoms with Crippen LogP contribution in [0.3, 0.4) is 0 Å². The molecule has 0 saturated carbocycles. The van der Waals surface area contributed by atoms with E-state index in [0.717, 1.165) is 17.7 Å². The van der Waals surface area contributed by atoms with Crippen LogP contribution in [0.15, 0.2) is 48.7 Å². The number of ether oxygens (including phenoxy) is 1. The van der Waals surface area contributed by atoms with Gasteiger partial charge < -0.3 is 15.8 Å². The van der Waals surface area contributed by atoms with E-state index in [2.05, 4.69) is 15.5 Å². The molecule has 0 aliphatic rings. The minimum atomic E-state index is -4.60. The largest absolute Gasteiger partial charge is 0.454 e. The Morgan fingerprint density at radius 2 is 2.03 bits per heavy atom. The molecule has 30 heavy (non-hydrogen) atoms. The number of halogens is 4. The quantitative estimate of drug-likeness (QED) is 0.489. The van der Waals surface area contributed by atoms with Crippen LogP contribution in [0.1, 0.15) is 23.2 Å². The van der Waals surface area contributed by atoms with Crippen LogP contribution in [-0.4, -0.2) is 16.1 Å². The number of aromatic amines is 1. The summed E-state index contributed by atoms with van der Waals surface area (Å²) < 4.78 is 44.6. The Hall–Kier alpha value is -3.04. The number of benzene rings is 2. The summed E-state index contributed by atoms with van der Waals surface area (Å²) >= 11 is 5.59. The van der Waals surface area contributed by atoms with Crippen LogP contribution in [0, 0.1) is 0 Å². The topological polar surface area (TPSA) is 93.0 Å². The summed E-state index contributed by atoms with van der Waals surface area (Å²) in [6, 6.07) is 10.4. The maximum atomic E-state index is 12.9. The number of nitrogens with zero attached hydrogens (tertiary/aromatic N) is 1. The zero-order chi connectivity index (χ0) is 21.7. The lowest BCUT2D eigenvalue weighted by Gasteiger charge is -2.12. The van der Waals surface area contributed by atoms with E-state index in [4.69, 9.17) is 22.1 Å². The van der Waals surface area contributed by atoms with Gasteiger partial charge in [-0.15, -0.1) is 0 Å². The van der Waals surface area contributed by atoms with Gasteiger partial charge in [-0.1, -0.05) is 23.7 Å². The fourth-order valence-electron chi connectivity index (χ4n) is 2.73. The standard InChI is InChI=1S/C20H18ClF3N4O2/c21-16-6-5-13(9-15(16)20(22,23)24)27-19(29)7-4-12-2-1-3-14(8-12)30-18-11-26-28-17(18)10-25/h1-3,5-6,8-9,11H,4,7,10,25H2,(H,26,28)(H,27,29). The number of aromatic nitrogens is 2. The summed E-state index contributed by atoms with van der Waals surface area (Å²) in [6.45, 7) is 0.246. The van der Waals surface area contributed by atoms with Gasteiger partial charge in [-0.05, 0) is 42.3 Å². The van der Waals surface area contributed by atoms with Gasteiger partial charge in [0.05, 0.1) is 22.5 Å². The number of anilines is 1. The third-order valence-electron chi connectivity index (χ3n) is 4.21. The van der Waals surface area contributed by atoms with Crippen molar-refractivity contribution in [3.63, 3.8) is 0 Å². The average molecular weight is 439 g/mol. The molecule has 0 atom stereocenters. The SMILES string of the molecule is NCc1[nH]ncc1Oc1cccc(CCC(=O)Nc2ccc(Cl)c(C(F)(F)F)c2)c1. The second-order valence-corrected chi connectivity index (χ2v) is 6.81. The van der Waals surface area contributed by atoms with Gasteiger partial charge in [-0.2, -0.15) is 18.3 Å². The monoisotopic (exact) mass is 438 g/mol. The molecular weight excluding hydrogens is 421 g/mol. The number of H-pyrrole nitrogens is 1. The lowest BCUT2D eigenvalue weighted by Crippen LogP contribution is -2.14. The summed E-state index contributed by atoms with van der Waals surface area (Å²) in [5, 5.41) is 8.65. The van der Waals surface area contributed by atoms with Crippen LogP contribution >= 0.6 is 11.6 Å². The number of carbonyl (C=O) groups excluding carboxylic acids is 1. The Bertz CT molecular complexity index is 1040. The summed E-state index contributed by atoms with van der Waals surface area (Å²) in [5.41, 5.74) is 6.11. The molecule has 0 saturated heterocycles. The Kier molecular flexibility index (Phi) is 6.63. The van der Waals surface area contributed by atoms with Gasteiger partial charge in [0, 0.05) is 18.7 Å². The van der Waals surface area contributed by atoms with Crippen LogP contribution in [0.25, 0.3) is 0 Å². The second-order valence-electron chi connectivity index (χ2n) is 6.41. The number of hydrogen-bond donors (Lipinski definition) is 3. The molecule has 0 bridgehead atoms. The zero-order valence-corrected chi connectivity index (χ0v) is 16.3. The van der Waals surface area contributed by atoms with Gasteiger partial charge in [0.1, 0.15) is 5.75 Å². The number of alkyl halides is 3. The van der Waals surface area contributed by atoms with Gasteiger partial charge in [-0.25, -0.2) is 0 Å². The predicted molar refractivity (Wildman–Crippen MR) is 106 cm³/mol. The number of amides is 1. The maximum Gasteiger partial charge on any atom is 0.417 e. The molecule has 2 aromatic carbocycles. The zero-order valence-electron chi connectivity index (χ0n) is 15.6. The average Bonchev–Trinajstić information content (AvgIpc) is 3.14. The Morgan fingerprint density at radius 3 is 2.77 bits per heavy atom. The van der Waals surface area contributed by atoms with Crippen LogP contribution in [-0.2, 0) is 23.9 Å². The van der Waals surface area contributed by atoms with Gasteiger partial charge in [0.25, 0.3) is 0 Å². The van der Waals surface area contributed by atoms with E-state index in [-0.39, 0.29) is 18.7 Å². The van der Waals surface area contributed by atoms with Crippen molar-refractivity contribution >= 4 is 23.2 Å². The first-order valence-corrected chi connectivity index (χ1v) is 9.30. The first-order chi connectivity index (χ1) is 14.3. The molecule has 4 N–H and O–H groups in total. The summed E-state index contributed by atoms with van der Waals surface area (Å²) in [4.78, 5) is 12.2. The molecule has 1 aromatic heterocycles. The van der Waals surface area contributed by atoms with E-state index in [1.807, 2.05) is 6.07 Å². The highest BCUT2D eigenvalue weighted by Gasteiger charge is 2.33. The van der Waals surface area contributed by atoms with E-state index < -0.39 is 22.7 Å². The summed E-state index contributed by atoms with van der Waals surface area (Å²) in [6.07, 6.45) is -2.63. The molecule has 0 fully saturated rings. The fourth-order valence-corrected chi connectivity index (χ4v) is 2.95. The Labute approximate surface area is 175 Å². The minimum Gasteiger partial charge on any atom is -0.454 e. The van der Waals surface area contributed by atoms with Crippen LogP contribution in [0.2, 0.25) is 5.02 Å². The maximum absolute atomic E-state index is 12.9. The van der Waals surface area contributed by atoms with E-state index >= 15 is 0 Å². The normalized spacial score (nSPS) is 11.4. The molecule has 1 amide bonds. The van der Waals surface area contributed by atoms with Crippen molar-refractivity contribution in [3.8, 4) is 11.5 Å². The third kappa shape index (κ3) is 5.52. The van der Waals surface area contributed by atoms with Gasteiger partial charge >= 0.3 is 6.18 Å². The molecule has 0 radical (unpaired) electrons. The highest BCUT2D eigenvalue weighted by atomic mass is 35.5. The number of hydrogen-bond acceptors (Lipinski definition) is 4. The van der Waals surface area contributed by atoms with E-state index in [0.29, 0.717) is 23.6 Å². The predicted octanol–water partition coefficient (Wildman–Crippen LogP) is 4.90. The first kappa shape index (κ1) is 21.7. The highest BCUT2D eigenvalue weighted by Crippen LogP contribution is 2.36. The number of nitrogens with one attached hydrogen (secondary N) is 2. The molecule has 0 aliphatic heterocycles. The van der Waals surface area contributed by atoms with Crippen LogP contribution in [0.5, 0.6) is 11.5 Å². The lowest BCUT2D eigenvalue weighted by molar-refractivity contribution is -0.137. The van der Waals surface area contributed by atoms with Crippen molar-refractivity contribution in [3.05, 3.63) is 70.5 Å². The van der Waals surface area contributed by atoms with Crippen LogP contribution < -0.4 is 15.8 Å². The van der Waals surface area contributed by atoms with E-state index in [1.54, 1.807) is 18.2 Å². The molecule has 3 aromatic rings. The van der Waals surface area contributed by atoms with Crippen LogP contribution in [0.4, 0.5) is 18.9 Å². The molecule has 0 unspecified atom stereocenters. The minimum absolute atomic E-state index is 0.0306.